The predicted molar refractivity (Wildman–Crippen MR) is 77.5 cm³/mol. The molecule has 0 radical (unpaired) electrons. The smallest absolute Gasteiger partial charge is 0.192 e. The van der Waals surface area contributed by atoms with Crippen molar-refractivity contribution in [1.29, 1.82) is 0 Å². The fraction of sp³-hybridized carbons (Fsp3) is 0.714. The number of guanidine groups is 1. The molecule has 0 spiro atoms. The molecule has 20 heavy (non-hydrogen) atoms. The normalized spacial score (nSPS) is 26.3. The molecule has 1 saturated heterocycles. The second-order valence-electron chi connectivity index (χ2n) is 5.56. The molecular formula is C14H23N5O. The summed E-state index contributed by atoms with van der Waals surface area (Å²) in [5, 5.41) is 4.53. The van der Waals surface area contributed by atoms with E-state index in [4.69, 9.17) is 10.5 Å². The van der Waals surface area contributed by atoms with Crippen molar-refractivity contribution in [2.24, 2.45) is 17.8 Å². The van der Waals surface area contributed by atoms with Gasteiger partial charge in [-0.15, -0.1) is 0 Å². The van der Waals surface area contributed by atoms with Gasteiger partial charge in [-0.05, 0) is 19.3 Å². The van der Waals surface area contributed by atoms with Crippen LogP contribution in [0, 0.1) is 0 Å². The van der Waals surface area contributed by atoms with E-state index in [9.17, 15) is 0 Å². The summed E-state index contributed by atoms with van der Waals surface area (Å²) < 4.78 is 7.62. The molecule has 6 heteroatoms. The van der Waals surface area contributed by atoms with Gasteiger partial charge in [0.2, 0.25) is 0 Å². The number of ether oxygens (including phenoxy) is 1. The topological polar surface area (TPSA) is 68.7 Å². The molecule has 2 unspecified atom stereocenters. The molecule has 3 rings (SSSR count). The fourth-order valence-electron chi connectivity index (χ4n) is 3.13. The van der Waals surface area contributed by atoms with E-state index in [0.29, 0.717) is 5.96 Å². The van der Waals surface area contributed by atoms with Gasteiger partial charge in [0, 0.05) is 32.0 Å². The zero-order valence-corrected chi connectivity index (χ0v) is 12.2. The summed E-state index contributed by atoms with van der Waals surface area (Å²) in [6, 6.07) is 0.211. The SMILES string of the molecule is CCc1nn(C)cc1C1CN=C(N)N1CC1CCCO1. The average molecular weight is 277 g/mol. The van der Waals surface area contributed by atoms with Crippen LogP contribution in [0.5, 0.6) is 0 Å². The summed E-state index contributed by atoms with van der Waals surface area (Å²) in [5.74, 6) is 0.636. The molecule has 0 amide bonds. The molecule has 1 aromatic heterocycles. The highest BCUT2D eigenvalue weighted by molar-refractivity contribution is 5.80. The largest absolute Gasteiger partial charge is 0.376 e. The lowest BCUT2D eigenvalue weighted by Crippen LogP contribution is -2.41. The lowest BCUT2D eigenvalue weighted by atomic mass is 10.1. The van der Waals surface area contributed by atoms with E-state index in [1.165, 1.54) is 5.56 Å². The van der Waals surface area contributed by atoms with Gasteiger partial charge in [-0.2, -0.15) is 5.10 Å². The Morgan fingerprint density at radius 1 is 1.50 bits per heavy atom. The van der Waals surface area contributed by atoms with Crippen molar-refractivity contribution in [2.45, 2.75) is 38.3 Å². The van der Waals surface area contributed by atoms with E-state index in [2.05, 4.69) is 28.1 Å². The van der Waals surface area contributed by atoms with Crippen LogP contribution >= 0.6 is 0 Å². The Hall–Kier alpha value is -1.56. The van der Waals surface area contributed by atoms with Crippen LogP contribution in [0.1, 0.15) is 37.1 Å². The van der Waals surface area contributed by atoms with Crippen molar-refractivity contribution in [3.05, 3.63) is 17.5 Å². The molecule has 110 valence electrons. The van der Waals surface area contributed by atoms with E-state index in [1.54, 1.807) is 0 Å². The number of rotatable bonds is 4. The van der Waals surface area contributed by atoms with Gasteiger partial charge in [0.1, 0.15) is 0 Å². The molecule has 2 N–H and O–H groups in total. The molecule has 0 bridgehead atoms. The van der Waals surface area contributed by atoms with Crippen LogP contribution < -0.4 is 5.73 Å². The Kier molecular flexibility index (Phi) is 3.65. The Labute approximate surface area is 119 Å². The first-order chi connectivity index (χ1) is 9.69. The van der Waals surface area contributed by atoms with E-state index in [-0.39, 0.29) is 12.1 Å². The Morgan fingerprint density at radius 3 is 3.05 bits per heavy atom. The van der Waals surface area contributed by atoms with Crippen LogP contribution in [0.2, 0.25) is 0 Å². The summed E-state index contributed by atoms with van der Waals surface area (Å²) >= 11 is 0. The standard InChI is InChI=1S/C14H23N5O/c1-3-12-11(9-18(2)17-12)13-7-16-14(15)19(13)8-10-5-4-6-20-10/h9-10,13H,3-8H2,1-2H3,(H2,15,16). The van der Waals surface area contributed by atoms with E-state index in [1.807, 2.05) is 11.7 Å². The van der Waals surface area contributed by atoms with Gasteiger partial charge in [0.15, 0.2) is 5.96 Å². The number of aromatic nitrogens is 2. The highest BCUT2D eigenvalue weighted by atomic mass is 16.5. The summed E-state index contributed by atoms with van der Waals surface area (Å²) in [5.41, 5.74) is 8.46. The highest BCUT2D eigenvalue weighted by Gasteiger charge is 2.32. The number of hydrogen-bond donors (Lipinski definition) is 1. The first-order valence-electron chi connectivity index (χ1n) is 7.39. The fourth-order valence-corrected chi connectivity index (χ4v) is 3.13. The minimum Gasteiger partial charge on any atom is -0.376 e. The highest BCUT2D eigenvalue weighted by Crippen LogP contribution is 2.29. The lowest BCUT2D eigenvalue weighted by Gasteiger charge is -2.28. The quantitative estimate of drug-likeness (QED) is 0.885. The van der Waals surface area contributed by atoms with Crippen molar-refractivity contribution in [2.75, 3.05) is 19.7 Å². The Morgan fingerprint density at radius 2 is 2.35 bits per heavy atom. The molecule has 0 aliphatic carbocycles. The maximum Gasteiger partial charge on any atom is 0.192 e. The van der Waals surface area contributed by atoms with Gasteiger partial charge >= 0.3 is 0 Å². The van der Waals surface area contributed by atoms with Crippen LogP contribution in [0.3, 0.4) is 0 Å². The number of aryl methyl sites for hydroxylation is 2. The van der Waals surface area contributed by atoms with Crippen LogP contribution in [-0.2, 0) is 18.2 Å². The van der Waals surface area contributed by atoms with Gasteiger partial charge in [0.25, 0.3) is 0 Å². The van der Waals surface area contributed by atoms with E-state index < -0.39 is 0 Å². The molecule has 2 aliphatic rings. The first kappa shape index (κ1) is 13.4. The van der Waals surface area contributed by atoms with E-state index in [0.717, 1.165) is 44.7 Å². The van der Waals surface area contributed by atoms with Gasteiger partial charge in [-0.1, -0.05) is 6.92 Å². The molecular weight excluding hydrogens is 254 g/mol. The molecule has 2 aliphatic heterocycles. The summed E-state index contributed by atoms with van der Waals surface area (Å²) in [4.78, 5) is 6.62. The zero-order valence-electron chi connectivity index (χ0n) is 12.2. The molecule has 0 aromatic carbocycles. The minimum absolute atomic E-state index is 0.211. The second kappa shape index (κ2) is 5.44. The monoisotopic (exact) mass is 277 g/mol. The number of nitrogens with zero attached hydrogens (tertiary/aromatic N) is 4. The van der Waals surface area contributed by atoms with Crippen LogP contribution in [0.25, 0.3) is 0 Å². The molecule has 6 nitrogen and oxygen atoms in total. The van der Waals surface area contributed by atoms with Crippen molar-refractivity contribution >= 4 is 5.96 Å². The molecule has 1 fully saturated rings. The van der Waals surface area contributed by atoms with Crippen LogP contribution in [0.15, 0.2) is 11.2 Å². The second-order valence-corrected chi connectivity index (χ2v) is 5.56. The van der Waals surface area contributed by atoms with E-state index >= 15 is 0 Å². The summed E-state index contributed by atoms with van der Waals surface area (Å²) in [7, 11) is 1.96. The molecule has 2 atom stereocenters. The number of nitrogens with two attached hydrogens (primary N) is 1. The molecule has 1 aromatic rings. The number of hydrogen-bond acceptors (Lipinski definition) is 5. The van der Waals surface area contributed by atoms with Gasteiger partial charge in [0.05, 0.1) is 24.4 Å². The minimum atomic E-state index is 0.211. The van der Waals surface area contributed by atoms with Crippen LogP contribution in [0.4, 0.5) is 0 Å². The third-order valence-corrected chi connectivity index (χ3v) is 4.15. The lowest BCUT2D eigenvalue weighted by molar-refractivity contribution is 0.0852. The van der Waals surface area contributed by atoms with Crippen LogP contribution in [-0.4, -0.2) is 46.4 Å². The third kappa shape index (κ3) is 2.40. The Balaban J connectivity index is 1.80. The maximum atomic E-state index is 6.08. The molecule has 3 heterocycles. The summed E-state index contributed by atoms with van der Waals surface area (Å²) in [6.07, 6.45) is 5.57. The van der Waals surface area contributed by atoms with Gasteiger partial charge in [-0.3, -0.25) is 9.67 Å². The summed E-state index contributed by atoms with van der Waals surface area (Å²) in [6.45, 7) is 4.55. The van der Waals surface area contributed by atoms with Gasteiger partial charge < -0.3 is 15.4 Å². The van der Waals surface area contributed by atoms with Crippen molar-refractivity contribution in [1.82, 2.24) is 14.7 Å². The maximum absolute atomic E-state index is 6.08. The third-order valence-electron chi connectivity index (χ3n) is 4.15. The molecule has 0 saturated carbocycles. The predicted octanol–water partition coefficient (Wildman–Crippen LogP) is 0.833. The average Bonchev–Trinajstić information content (AvgIpc) is 3.13. The Bertz CT molecular complexity index is 504. The van der Waals surface area contributed by atoms with Crippen molar-refractivity contribution in [3.8, 4) is 0 Å². The van der Waals surface area contributed by atoms with Crippen molar-refractivity contribution < 1.29 is 4.74 Å². The zero-order chi connectivity index (χ0) is 14.1. The van der Waals surface area contributed by atoms with Crippen molar-refractivity contribution in [3.63, 3.8) is 0 Å². The first-order valence-corrected chi connectivity index (χ1v) is 7.39. The number of aliphatic imine (C=N–C) groups is 1. The van der Waals surface area contributed by atoms with Gasteiger partial charge in [-0.25, -0.2) is 0 Å².